The van der Waals surface area contributed by atoms with Crippen LogP contribution in [0.2, 0.25) is 0 Å². The fourth-order valence-electron chi connectivity index (χ4n) is 2.16. The van der Waals surface area contributed by atoms with E-state index in [2.05, 4.69) is 0 Å². The van der Waals surface area contributed by atoms with Crippen molar-refractivity contribution in [3.8, 4) is 22.6 Å². The fourth-order valence-corrected chi connectivity index (χ4v) is 2.16. The Balaban J connectivity index is 2.55. The normalized spacial score (nSPS) is 10.3. The molecular formula is C16H18O3. The van der Waals surface area contributed by atoms with E-state index in [0.717, 1.165) is 28.0 Å². The second-order valence-electron chi connectivity index (χ2n) is 4.34. The van der Waals surface area contributed by atoms with Crippen molar-refractivity contribution in [3.05, 3.63) is 47.5 Å². The first-order valence-corrected chi connectivity index (χ1v) is 6.13. The van der Waals surface area contributed by atoms with Gasteiger partial charge < -0.3 is 14.6 Å². The molecule has 2 aromatic rings. The van der Waals surface area contributed by atoms with Crippen molar-refractivity contribution in [1.82, 2.24) is 0 Å². The highest BCUT2D eigenvalue weighted by Crippen LogP contribution is 2.38. The Kier molecular flexibility index (Phi) is 4.07. The quantitative estimate of drug-likeness (QED) is 0.915. The maximum absolute atomic E-state index is 9.22. The Bertz CT molecular complexity index is 576. The molecule has 0 saturated heterocycles. The molecule has 0 aromatic heterocycles. The Morgan fingerprint density at radius 3 is 2.42 bits per heavy atom. The van der Waals surface area contributed by atoms with Gasteiger partial charge in [-0.05, 0) is 29.7 Å². The number of ether oxygens (including phenoxy) is 2. The molecule has 0 heterocycles. The molecule has 100 valence electrons. The summed E-state index contributed by atoms with van der Waals surface area (Å²) in [6, 6.07) is 11.8. The Morgan fingerprint density at radius 2 is 1.84 bits per heavy atom. The van der Waals surface area contributed by atoms with Gasteiger partial charge in [0.1, 0.15) is 0 Å². The third-order valence-corrected chi connectivity index (χ3v) is 3.23. The van der Waals surface area contributed by atoms with E-state index in [1.807, 2.05) is 43.3 Å². The van der Waals surface area contributed by atoms with E-state index in [9.17, 15) is 5.11 Å². The number of aryl methyl sites for hydroxylation is 1. The minimum absolute atomic E-state index is 0.0569. The zero-order valence-corrected chi connectivity index (χ0v) is 11.4. The molecule has 19 heavy (non-hydrogen) atoms. The van der Waals surface area contributed by atoms with Crippen LogP contribution in [0.15, 0.2) is 36.4 Å². The molecule has 0 aliphatic rings. The first-order valence-electron chi connectivity index (χ1n) is 6.13. The second kappa shape index (κ2) is 5.76. The molecule has 0 spiro atoms. The van der Waals surface area contributed by atoms with Crippen molar-refractivity contribution in [2.75, 3.05) is 14.2 Å². The predicted octanol–water partition coefficient (Wildman–Crippen LogP) is 3.17. The van der Waals surface area contributed by atoms with Gasteiger partial charge in [-0.3, -0.25) is 0 Å². The summed E-state index contributed by atoms with van der Waals surface area (Å²) in [5.74, 6) is 1.44. The number of rotatable bonds is 4. The van der Waals surface area contributed by atoms with Crippen molar-refractivity contribution < 1.29 is 14.6 Å². The van der Waals surface area contributed by atoms with E-state index in [1.54, 1.807) is 14.2 Å². The first kappa shape index (κ1) is 13.4. The molecule has 0 saturated carbocycles. The third-order valence-electron chi connectivity index (χ3n) is 3.23. The van der Waals surface area contributed by atoms with Crippen LogP contribution >= 0.6 is 0 Å². The van der Waals surface area contributed by atoms with Crippen LogP contribution in [0.4, 0.5) is 0 Å². The molecular weight excluding hydrogens is 240 g/mol. The van der Waals surface area contributed by atoms with Crippen LogP contribution in [-0.2, 0) is 6.61 Å². The van der Waals surface area contributed by atoms with Crippen molar-refractivity contribution in [1.29, 1.82) is 0 Å². The lowest BCUT2D eigenvalue weighted by Gasteiger charge is -2.13. The minimum Gasteiger partial charge on any atom is -0.493 e. The highest BCUT2D eigenvalue weighted by atomic mass is 16.5. The summed E-state index contributed by atoms with van der Waals surface area (Å²) in [7, 11) is 3.26. The first-order chi connectivity index (χ1) is 9.21. The highest BCUT2D eigenvalue weighted by Gasteiger charge is 2.11. The number of aliphatic hydroxyl groups is 1. The van der Waals surface area contributed by atoms with Crippen LogP contribution in [0, 0.1) is 6.92 Å². The van der Waals surface area contributed by atoms with Gasteiger partial charge in [-0.2, -0.15) is 0 Å². The minimum atomic E-state index is 0.0569. The number of methoxy groups -OCH3 is 2. The van der Waals surface area contributed by atoms with E-state index >= 15 is 0 Å². The molecule has 0 fully saturated rings. The van der Waals surface area contributed by atoms with E-state index in [0.29, 0.717) is 5.75 Å². The van der Waals surface area contributed by atoms with Crippen molar-refractivity contribution >= 4 is 0 Å². The maximum Gasteiger partial charge on any atom is 0.168 e. The molecule has 0 atom stereocenters. The molecule has 2 rings (SSSR count). The lowest BCUT2D eigenvalue weighted by Crippen LogP contribution is -1.94. The molecule has 3 heteroatoms. The Morgan fingerprint density at radius 1 is 1.05 bits per heavy atom. The third kappa shape index (κ3) is 2.56. The number of hydrogen-bond donors (Lipinski definition) is 1. The van der Waals surface area contributed by atoms with Gasteiger partial charge in [0.25, 0.3) is 0 Å². The van der Waals surface area contributed by atoms with Gasteiger partial charge in [-0.15, -0.1) is 0 Å². The number of para-hydroxylation sites is 1. The van der Waals surface area contributed by atoms with Crippen molar-refractivity contribution in [3.63, 3.8) is 0 Å². The van der Waals surface area contributed by atoms with E-state index in [-0.39, 0.29) is 6.61 Å². The Hall–Kier alpha value is -2.00. The summed E-state index contributed by atoms with van der Waals surface area (Å²) in [6.07, 6.45) is 0. The summed E-state index contributed by atoms with van der Waals surface area (Å²) in [5.41, 5.74) is 4.02. The summed E-state index contributed by atoms with van der Waals surface area (Å²) in [4.78, 5) is 0. The van der Waals surface area contributed by atoms with Gasteiger partial charge in [-0.25, -0.2) is 0 Å². The SMILES string of the molecule is COc1cccc(-c2ccc(CO)c(C)c2)c1OC. The van der Waals surface area contributed by atoms with Gasteiger partial charge in [0, 0.05) is 5.56 Å². The lowest BCUT2D eigenvalue weighted by molar-refractivity contribution is 0.281. The standard InChI is InChI=1S/C16H18O3/c1-11-9-12(7-8-13(11)10-17)14-5-4-6-15(18-2)16(14)19-3/h4-9,17H,10H2,1-3H3. The molecule has 0 aliphatic heterocycles. The van der Waals surface area contributed by atoms with Crippen LogP contribution < -0.4 is 9.47 Å². The number of hydrogen-bond acceptors (Lipinski definition) is 3. The summed E-state index contributed by atoms with van der Waals surface area (Å²) < 4.78 is 10.8. The smallest absolute Gasteiger partial charge is 0.168 e. The fraction of sp³-hybridized carbons (Fsp3) is 0.250. The lowest BCUT2D eigenvalue weighted by atomic mass is 9.99. The van der Waals surface area contributed by atoms with Crippen LogP contribution in [-0.4, -0.2) is 19.3 Å². The highest BCUT2D eigenvalue weighted by molar-refractivity contribution is 5.74. The monoisotopic (exact) mass is 258 g/mol. The van der Waals surface area contributed by atoms with Crippen LogP contribution in [0.3, 0.4) is 0 Å². The number of benzene rings is 2. The average Bonchev–Trinajstić information content (AvgIpc) is 2.46. The van der Waals surface area contributed by atoms with E-state index in [4.69, 9.17) is 9.47 Å². The molecule has 2 aromatic carbocycles. The van der Waals surface area contributed by atoms with Gasteiger partial charge in [0.05, 0.1) is 20.8 Å². The zero-order valence-electron chi connectivity index (χ0n) is 11.4. The number of aliphatic hydroxyl groups excluding tert-OH is 1. The topological polar surface area (TPSA) is 38.7 Å². The summed E-state index contributed by atoms with van der Waals surface area (Å²) >= 11 is 0. The van der Waals surface area contributed by atoms with Crippen LogP contribution in [0.1, 0.15) is 11.1 Å². The molecule has 0 bridgehead atoms. The molecule has 0 unspecified atom stereocenters. The van der Waals surface area contributed by atoms with E-state index < -0.39 is 0 Å². The average molecular weight is 258 g/mol. The summed E-state index contributed by atoms with van der Waals surface area (Å²) in [6.45, 7) is 2.04. The van der Waals surface area contributed by atoms with Crippen molar-refractivity contribution in [2.45, 2.75) is 13.5 Å². The van der Waals surface area contributed by atoms with Crippen LogP contribution in [0.5, 0.6) is 11.5 Å². The van der Waals surface area contributed by atoms with Gasteiger partial charge in [0.15, 0.2) is 11.5 Å². The molecule has 0 aliphatic carbocycles. The Labute approximate surface area is 113 Å². The maximum atomic E-state index is 9.22. The van der Waals surface area contributed by atoms with Crippen LogP contribution in [0.25, 0.3) is 11.1 Å². The van der Waals surface area contributed by atoms with Gasteiger partial charge in [0.2, 0.25) is 0 Å². The van der Waals surface area contributed by atoms with Gasteiger partial charge in [-0.1, -0.05) is 30.3 Å². The van der Waals surface area contributed by atoms with Gasteiger partial charge >= 0.3 is 0 Å². The zero-order chi connectivity index (χ0) is 13.8. The summed E-state index contributed by atoms with van der Waals surface area (Å²) in [5, 5.41) is 9.22. The van der Waals surface area contributed by atoms with Crippen molar-refractivity contribution in [2.24, 2.45) is 0 Å². The van der Waals surface area contributed by atoms with E-state index in [1.165, 1.54) is 0 Å². The predicted molar refractivity (Wildman–Crippen MR) is 75.6 cm³/mol. The second-order valence-corrected chi connectivity index (χ2v) is 4.34. The molecule has 0 radical (unpaired) electrons. The molecule has 0 amide bonds. The largest absolute Gasteiger partial charge is 0.493 e. The molecule has 3 nitrogen and oxygen atoms in total. The molecule has 1 N–H and O–H groups in total.